The Morgan fingerprint density at radius 3 is 3.10 bits per heavy atom. The Morgan fingerprint density at radius 2 is 2.43 bits per heavy atom. The number of furan rings is 1. The number of nitriles is 1. The van der Waals surface area contributed by atoms with Crippen molar-refractivity contribution in [2.75, 3.05) is 6.54 Å². The number of amides is 1. The highest BCUT2D eigenvalue weighted by atomic mass is 16.3. The normalized spacial score (nSPS) is 10.3. The van der Waals surface area contributed by atoms with E-state index in [0.717, 1.165) is 12.8 Å². The van der Waals surface area contributed by atoms with Gasteiger partial charge in [-0.25, -0.2) is 4.98 Å². The summed E-state index contributed by atoms with van der Waals surface area (Å²) in [4.78, 5) is 18.1. The molecule has 0 bridgehead atoms. The summed E-state index contributed by atoms with van der Waals surface area (Å²) in [6, 6.07) is 5.58. The molecule has 1 amide bonds. The van der Waals surface area contributed by atoms with Gasteiger partial charge in [0.1, 0.15) is 11.6 Å². The number of carbonyl (C=O) groups is 1. The summed E-state index contributed by atoms with van der Waals surface area (Å²) in [7, 11) is 0. The van der Waals surface area contributed by atoms with Crippen LogP contribution in [-0.2, 0) is 13.0 Å². The molecule has 2 heterocycles. The quantitative estimate of drug-likeness (QED) is 0.838. The summed E-state index contributed by atoms with van der Waals surface area (Å²) in [6.07, 6.45) is 3.47. The van der Waals surface area contributed by atoms with Crippen molar-refractivity contribution < 1.29 is 9.21 Å². The van der Waals surface area contributed by atoms with E-state index in [2.05, 4.69) is 15.2 Å². The first-order valence-electron chi connectivity index (χ1n) is 6.84. The van der Waals surface area contributed by atoms with Crippen LogP contribution in [0.25, 0.3) is 0 Å². The highest BCUT2D eigenvalue weighted by molar-refractivity contribution is 5.90. The van der Waals surface area contributed by atoms with Crippen molar-refractivity contribution in [3.63, 3.8) is 0 Å². The molecule has 0 aromatic carbocycles. The smallest absolute Gasteiger partial charge is 0.293 e. The van der Waals surface area contributed by atoms with Crippen LogP contribution in [0.3, 0.4) is 0 Å². The zero-order chi connectivity index (χ0) is 15.1. The average molecular weight is 287 g/mol. The van der Waals surface area contributed by atoms with Crippen molar-refractivity contribution in [1.82, 2.24) is 20.1 Å². The summed E-state index contributed by atoms with van der Waals surface area (Å²) < 4.78 is 5.25. The minimum atomic E-state index is -0.305. The standard InChI is InChI=1S/C14H17N5O2/c1-2-5-12-16-13(18-17-12)14(20)19(8-4-7-15)10-11-6-3-9-21-11/h3,6,9H,2,4-5,8,10H2,1H3,(H,16,17,18). The van der Waals surface area contributed by atoms with E-state index in [1.807, 2.05) is 13.0 Å². The number of nitrogens with one attached hydrogen (secondary N) is 1. The van der Waals surface area contributed by atoms with Crippen molar-refractivity contribution in [1.29, 1.82) is 5.26 Å². The predicted molar refractivity (Wildman–Crippen MR) is 74.1 cm³/mol. The minimum Gasteiger partial charge on any atom is -0.467 e. The van der Waals surface area contributed by atoms with Crippen molar-refractivity contribution in [3.05, 3.63) is 35.8 Å². The summed E-state index contributed by atoms with van der Waals surface area (Å²) >= 11 is 0. The summed E-state index contributed by atoms with van der Waals surface area (Å²) in [5.74, 6) is 1.17. The van der Waals surface area contributed by atoms with E-state index in [1.54, 1.807) is 18.4 Å². The van der Waals surface area contributed by atoms with Gasteiger partial charge in [-0.3, -0.25) is 9.89 Å². The van der Waals surface area contributed by atoms with E-state index in [1.165, 1.54) is 4.90 Å². The third-order valence-corrected chi connectivity index (χ3v) is 2.92. The molecule has 7 heteroatoms. The molecule has 7 nitrogen and oxygen atoms in total. The number of aromatic amines is 1. The topological polar surface area (TPSA) is 98.8 Å². The molecule has 2 aromatic rings. The molecule has 0 saturated carbocycles. The van der Waals surface area contributed by atoms with Crippen LogP contribution in [0.1, 0.15) is 42.0 Å². The van der Waals surface area contributed by atoms with Gasteiger partial charge >= 0.3 is 0 Å². The Balaban J connectivity index is 2.10. The van der Waals surface area contributed by atoms with E-state index in [4.69, 9.17) is 9.68 Å². The van der Waals surface area contributed by atoms with Crippen molar-refractivity contribution in [2.24, 2.45) is 0 Å². The lowest BCUT2D eigenvalue weighted by Gasteiger charge is -2.18. The Kier molecular flexibility index (Phi) is 5.10. The van der Waals surface area contributed by atoms with Gasteiger partial charge in [-0.05, 0) is 18.6 Å². The number of hydrogen-bond donors (Lipinski definition) is 1. The lowest BCUT2D eigenvalue weighted by atomic mass is 10.3. The molecule has 0 radical (unpaired) electrons. The SMILES string of the molecule is CCCc1nc(C(=O)N(CCC#N)Cc2ccco2)n[nH]1. The second-order valence-corrected chi connectivity index (χ2v) is 4.57. The first kappa shape index (κ1) is 14.8. The fourth-order valence-corrected chi connectivity index (χ4v) is 1.91. The molecule has 110 valence electrons. The maximum Gasteiger partial charge on any atom is 0.293 e. The van der Waals surface area contributed by atoms with Crippen LogP contribution in [-0.4, -0.2) is 32.5 Å². The van der Waals surface area contributed by atoms with Gasteiger partial charge in [0.05, 0.1) is 25.3 Å². The zero-order valence-corrected chi connectivity index (χ0v) is 11.9. The van der Waals surface area contributed by atoms with Crippen LogP contribution in [0, 0.1) is 11.3 Å². The van der Waals surface area contributed by atoms with Gasteiger partial charge in [-0.15, -0.1) is 5.10 Å². The van der Waals surface area contributed by atoms with Gasteiger partial charge in [-0.1, -0.05) is 6.92 Å². The molecule has 0 unspecified atom stereocenters. The molecule has 2 aromatic heterocycles. The van der Waals surface area contributed by atoms with Crippen LogP contribution < -0.4 is 0 Å². The highest BCUT2D eigenvalue weighted by Crippen LogP contribution is 2.09. The lowest BCUT2D eigenvalue weighted by Crippen LogP contribution is -2.32. The lowest BCUT2D eigenvalue weighted by molar-refractivity contribution is 0.0723. The number of aromatic nitrogens is 3. The number of nitrogens with zero attached hydrogens (tertiary/aromatic N) is 4. The van der Waals surface area contributed by atoms with Gasteiger partial charge in [0.25, 0.3) is 5.91 Å². The van der Waals surface area contributed by atoms with Crippen molar-refractivity contribution >= 4 is 5.91 Å². The molecule has 0 aliphatic rings. The van der Waals surface area contributed by atoms with Crippen LogP contribution in [0.4, 0.5) is 0 Å². The fourth-order valence-electron chi connectivity index (χ4n) is 1.91. The highest BCUT2D eigenvalue weighted by Gasteiger charge is 2.21. The Hall–Kier alpha value is -2.62. The van der Waals surface area contributed by atoms with E-state index in [-0.39, 0.29) is 18.2 Å². The molecule has 0 spiro atoms. The predicted octanol–water partition coefficient (Wildman–Crippen LogP) is 1.91. The molecule has 1 N–H and O–H groups in total. The van der Waals surface area contributed by atoms with E-state index >= 15 is 0 Å². The average Bonchev–Trinajstić information content (AvgIpc) is 3.14. The fraction of sp³-hybridized carbons (Fsp3) is 0.429. The Bertz CT molecular complexity index is 612. The van der Waals surface area contributed by atoms with Gasteiger partial charge in [0.2, 0.25) is 5.82 Å². The molecule has 0 aliphatic carbocycles. The van der Waals surface area contributed by atoms with Gasteiger partial charge < -0.3 is 9.32 Å². The van der Waals surface area contributed by atoms with E-state index < -0.39 is 0 Å². The molecular weight excluding hydrogens is 270 g/mol. The molecule has 0 fully saturated rings. The van der Waals surface area contributed by atoms with Crippen molar-refractivity contribution in [2.45, 2.75) is 32.7 Å². The van der Waals surface area contributed by atoms with Crippen LogP contribution in [0.5, 0.6) is 0 Å². The van der Waals surface area contributed by atoms with E-state index in [9.17, 15) is 4.79 Å². The molecular formula is C14H17N5O2. The van der Waals surface area contributed by atoms with Crippen molar-refractivity contribution in [3.8, 4) is 6.07 Å². The van der Waals surface area contributed by atoms with Gasteiger partial charge in [0, 0.05) is 13.0 Å². The number of carbonyl (C=O) groups excluding carboxylic acids is 1. The first-order chi connectivity index (χ1) is 10.2. The van der Waals surface area contributed by atoms with Crippen LogP contribution >= 0.6 is 0 Å². The number of hydrogen-bond acceptors (Lipinski definition) is 5. The summed E-state index contributed by atoms with van der Waals surface area (Å²) in [5, 5.41) is 15.4. The second kappa shape index (κ2) is 7.24. The van der Waals surface area contributed by atoms with E-state index in [0.29, 0.717) is 24.7 Å². The largest absolute Gasteiger partial charge is 0.467 e. The number of H-pyrrole nitrogens is 1. The van der Waals surface area contributed by atoms with Gasteiger partial charge in [-0.2, -0.15) is 5.26 Å². The minimum absolute atomic E-state index is 0.128. The van der Waals surface area contributed by atoms with Crippen LogP contribution in [0.15, 0.2) is 22.8 Å². The van der Waals surface area contributed by atoms with Crippen LogP contribution in [0.2, 0.25) is 0 Å². The Morgan fingerprint density at radius 1 is 1.57 bits per heavy atom. The molecule has 0 saturated heterocycles. The molecule has 2 rings (SSSR count). The third-order valence-electron chi connectivity index (χ3n) is 2.92. The monoisotopic (exact) mass is 287 g/mol. The van der Waals surface area contributed by atoms with Gasteiger partial charge in [0.15, 0.2) is 0 Å². The number of rotatable bonds is 7. The summed E-state index contributed by atoms with van der Waals surface area (Å²) in [6.45, 7) is 2.64. The molecule has 0 atom stereocenters. The zero-order valence-electron chi connectivity index (χ0n) is 11.9. The maximum absolute atomic E-state index is 12.4. The third kappa shape index (κ3) is 3.92. The second-order valence-electron chi connectivity index (χ2n) is 4.57. The molecule has 0 aliphatic heterocycles. The Labute approximate surface area is 122 Å². The summed E-state index contributed by atoms with van der Waals surface area (Å²) in [5.41, 5.74) is 0. The molecule has 21 heavy (non-hydrogen) atoms. The number of aryl methyl sites for hydroxylation is 1. The maximum atomic E-state index is 12.4. The first-order valence-corrected chi connectivity index (χ1v) is 6.84.